The molecule has 1 atom stereocenters. The van der Waals surface area contributed by atoms with Crippen LogP contribution in [0.2, 0.25) is 0 Å². The Bertz CT molecular complexity index is 258. The average Bonchev–Trinajstić information content (AvgIpc) is 2.66. The number of aliphatic hydroxyl groups is 1. The van der Waals surface area contributed by atoms with Gasteiger partial charge in [0.05, 0.1) is 0 Å². The Balaban J connectivity index is 3.01. The van der Waals surface area contributed by atoms with E-state index in [4.69, 9.17) is 10.8 Å². The van der Waals surface area contributed by atoms with Crippen LogP contribution in [-0.4, -0.2) is 18.3 Å². The summed E-state index contributed by atoms with van der Waals surface area (Å²) in [5, 5.41) is 11.2. The third kappa shape index (κ3) is 2.00. The van der Waals surface area contributed by atoms with Crippen LogP contribution in [-0.2, 0) is 5.41 Å². The van der Waals surface area contributed by atoms with Gasteiger partial charge in [-0.15, -0.1) is 11.3 Å². The Kier molecular flexibility index (Phi) is 4.11. The van der Waals surface area contributed by atoms with E-state index < -0.39 is 0 Å². The molecular formula is C11H19NOS. The molecule has 0 aromatic carbocycles. The zero-order valence-electron chi connectivity index (χ0n) is 8.86. The first-order valence-electron chi connectivity index (χ1n) is 5.02. The minimum atomic E-state index is -0.0388. The summed E-state index contributed by atoms with van der Waals surface area (Å²) in [4.78, 5) is 1.30. The molecule has 14 heavy (non-hydrogen) atoms. The van der Waals surface area contributed by atoms with Crippen LogP contribution in [0.4, 0.5) is 0 Å². The maximum absolute atomic E-state index is 9.13. The first-order valence-corrected chi connectivity index (χ1v) is 5.90. The Hall–Kier alpha value is -0.380. The van der Waals surface area contributed by atoms with Gasteiger partial charge in [-0.2, -0.15) is 0 Å². The highest BCUT2D eigenvalue weighted by Gasteiger charge is 2.34. The van der Waals surface area contributed by atoms with Gasteiger partial charge in [-0.3, -0.25) is 0 Å². The molecule has 3 N–H and O–H groups in total. The molecule has 1 aromatic heterocycles. The van der Waals surface area contributed by atoms with Gasteiger partial charge in [-0.1, -0.05) is 19.9 Å². The molecular weight excluding hydrogens is 194 g/mol. The van der Waals surface area contributed by atoms with Gasteiger partial charge >= 0.3 is 0 Å². The fourth-order valence-corrected chi connectivity index (χ4v) is 3.01. The predicted molar refractivity (Wildman–Crippen MR) is 61.6 cm³/mol. The minimum absolute atomic E-state index is 0.0388. The molecule has 0 radical (unpaired) electrons. The second kappa shape index (κ2) is 4.91. The molecule has 0 aliphatic heterocycles. The Morgan fingerprint density at radius 3 is 2.64 bits per heavy atom. The van der Waals surface area contributed by atoms with E-state index in [9.17, 15) is 0 Å². The molecule has 1 heterocycles. The van der Waals surface area contributed by atoms with Crippen molar-refractivity contribution in [3.05, 3.63) is 22.4 Å². The van der Waals surface area contributed by atoms with Gasteiger partial charge in [0.1, 0.15) is 0 Å². The molecule has 0 amide bonds. The monoisotopic (exact) mass is 213 g/mol. The number of aliphatic hydroxyl groups excluding tert-OH is 1. The van der Waals surface area contributed by atoms with E-state index in [0.29, 0.717) is 12.5 Å². The lowest BCUT2D eigenvalue weighted by Gasteiger charge is -2.35. The Labute approximate surface area is 89.8 Å². The van der Waals surface area contributed by atoms with Crippen molar-refractivity contribution in [2.24, 2.45) is 11.7 Å². The molecule has 0 spiro atoms. The summed E-state index contributed by atoms with van der Waals surface area (Å²) in [7, 11) is 0. The third-order valence-corrected chi connectivity index (χ3v) is 4.13. The SMILES string of the molecule is CC(C)C(CN)(CCO)c1cccs1. The Morgan fingerprint density at radius 1 is 1.57 bits per heavy atom. The zero-order chi connectivity index (χ0) is 10.6. The van der Waals surface area contributed by atoms with Crippen LogP contribution in [0.3, 0.4) is 0 Å². The first-order chi connectivity index (χ1) is 6.67. The van der Waals surface area contributed by atoms with Crippen molar-refractivity contribution in [1.82, 2.24) is 0 Å². The van der Waals surface area contributed by atoms with E-state index in [1.54, 1.807) is 11.3 Å². The van der Waals surface area contributed by atoms with Gasteiger partial charge in [-0.25, -0.2) is 0 Å². The molecule has 0 aliphatic carbocycles. The van der Waals surface area contributed by atoms with Gasteiger partial charge < -0.3 is 10.8 Å². The van der Waals surface area contributed by atoms with E-state index in [-0.39, 0.29) is 12.0 Å². The average molecular weight is 213 g/mol. The molecule has 0 aliphatic rings. The number of thiophene rings is 1. The van der Waals surface area contributed by atoms with Gasteiger partial charge in [0, 0.05) is 23.4 Å². The van der Waals surface area contributed by atoms with Gasteiger partial charge in [-0.05, 0) is 23.8 Å². The summed E-state index contributed by atoms with van der Waals surface area (Å²) in [6.45, 7) is 5.14. The number of rotatable bonds is 5. The highest BCUT2D eigenvalue weighted by molar-refractivity contribution is 7.10. The summed E-state index contributed by atoms with van der Waals surface area (Å²) >= 11 is 1.73. The lowest BCUT2D eigenvalue weighted by Crippen LogP contribution is -2.40. The van der Waals surface area contributed by atoms with Crippen molar-refractivity contribution in [3.8, 4) is 0 Å². The highest BCUT2D eigenvalue weighted by atomic mass is 32.1. The first kappa shape index (κ1) is 11.7. The molecule has 0 saturated heterocycles. The standard InChI is InChI=1S/C11H19NOS/c1-9(2)11(8-12,5-6-13)10-4-3-7-14-10/h3-4,7,9,13H,5-6,8,12H2,1-2H3. The number of nitrogens with two attached hydrogens (primary N) is 1. The fraction of sp³-hybridized carbons (Fsp3) is 0.636. The molecule has 2 nitrogen and oxygen atoms in total. The van der Waals surface area contributed by atoms with Crippen LogP contribution < -0.4 is 5.73 Å². The third-order valence-electron chi connectivity index (χ3n) is 3.04. The van der Waals surface area contributed by atoms with Crippen LogP contribution in [0, 0.1) is 5.92 Å². The number of hydrogen-bond donors (Lipinski definition) is 2. The van der Waals surface area contributed by atoms with E-state index in [2.05, 4.69) is 25.3 Å². The molecule has 1 unspecified atom stereocenters. The van der Waals surface area contributed by atoms with Crippen molar-refractivity contribution in [2.45, 2.75) is 25.7 Å². The summed E-state index contributed by atoms with van der Waals surface area (Å²) in [5.41, 5.74) is 5.84. The van der Waals surface area contributed by atoms with E-state index in [0.717, 1.165) is 6.42 Å². The van der Waals surface area contributed by atoms with Crippen molar-refractivity contribution >= 4 is 11.3 Å². The van der Waals surface area contributed by atoms with Gasteiger partial charge in [0.25, 0.3) is 0 Å². The van der Waals surface area contributed by atoms with E-state index in [1.807, 2.05) is 6.07 Å². The Morgan fingerprint density at radius 2 is 2.29 bits per heavy atom. The molecule has 0 saturated carbocycles. The second-order valence-electron chi connectivity index (χ2n) is 3.97. The van der Waals surface area contributed by atoms with Crippen LogP contribution >= 0.6 is 11.3 Å². The van der Waals surface area contributed by atoms with Crippen molar-refractivity contribution in [3.63, 3.8) is 0 Å². The van der Waals surface area contributed by atoms with Crippen molar-refractivity contribution < 1.29 is 5.11 Å². The van der Waals surface area contributed by atoms with Crippen molar-refractivity contribution in [1.29, 1.82) is 0 Å². The van der Waals surface area contributed by atoms with Crippen molar-refractivity contribution in [2.75, 3.05) is 13.2 Å². The van der Waals surface area contributed by atoms with Crippen LogP contribution in [0.25, 0.3) is 0 Å². The molecule has 3 heteroatoms. The summed E-state index contributed by atoms with van der Waals surface area (Å²) in [6, 6.07) is 4.16. The van der Waals surface area contributed by atoms with Gasteiger partial charge in [0.2, 0.25) is 0 Å². The number of hydrogen-bond acceptors (Lipinski definition) is 3. The summed E-state index contributed by atoms with van der Waals surface area (Å²) in [6.07, 6.45) is 0.752. The molecule has 0 bridgehead atoms. The lowest BCUT2D eigenvalue weighted by molar-refractivity contribution is 0.205. The lowest BCUT2D eigenvalue weighted by atomic mass is 9.73. The molecule has 80 valence electrons. The molecule has 1 rings (SSSR count). The smallest absolute Gasteiger partial charge is 0.0440 e. The second-order valence-corrected chi connectivity index (χ2v) is 4.91. The van der Waals surface area contributed by atoms with E-state index >= 15 is 0 Å². The topological polar surface area (TPSA) is 46.2 Å². The summed E-state index contributed by atoms with van der Waals surface area (Å²) < 4.78 is 0. The molecule has 1 aromatic rings. The minimum Gasteiger partial charge on any atom is -0.396 e. The largest absolute Gasteiger partial charge is 0.396 e. The maximum Gasteiger partial charge on any atom is 0.0440 e. The van der Waals surface area contributed by atoms with Crippen LogP contribution in [0.5, 0.6) is 0 Å². The highest BCUT2D eigenvalue weighted by Crippen LogP contribution is 2.37. The quantitative estimate of drug-likeness (QED) is 0.785. The molecule has 0 fully saturated rings. The summed E-state index contributed by atoms with van der Waals surface area (Å²) in [5.74, 6) is 0.457. The zero-order valence-corrected chi connectivity index (χ0v) is 9.68. The van der Waals surface area contributed by atoms with Crippen LogP contribution in [0.1, 0.15) is 25.1 Å². The fourth-order valence-electron chi connectivity index (χ4n) is 1.90. The maximum atomic E-state index is 9.13. The predicted octanol–water partition coefficient (Wildman–Crippen LogP) is 1.98. The normalized spacial score (nSPS) is 15.8. The van der Waals surface area contributed by atoms with Crippen LogP contribution in [0.15, 0.2) is 17.5 Å². The van der Waals surface area contributed by atoms with Gasteiger partial charge in [0.15, 0.2) is 0 Å². The van der Waals surface area contributed by atoms with E-state index in [1.165, 1.54) is 4.88 Å².